The summed E-state index contributed by atoms with van der Waals surface area (Å²) in [6.07, 6.45) is 7.05. The molecule has 1 saturated carbocycles. The van der Waals surface area contributed by atoms with Gasteiger partial charge in [-0.15, -0.1) is 0 Å². The number of fused-ring (bicyclic) bond motifs is 1. The summed E-state index contributed by atoms with van der Waals surface area (Å²) in [5.74, 6) is 2.09. The van der Waals surface area contributed by atoms with Crippen LogP contribution in [0, 0.1) is 5.92 Å². The van der Waals surface area contributed by atoms with Crippen molar-refractivity contribution in [2.45, 2.75) is 45.1 Å². The van der Waals surface area contributed by atoms with Gasteiger partial charge in [0.15, 0.2) is 0 Å². The van der Waals surface area contributed by atoms with Crippen LogP contribution in [0.15, 0.2) is 24.3 Å². The smallest absolute Gasteiger partial charge is 0.126 e. The molecule has 1 aliphatic rings. The fraction of sp³-hybridized carbons (Fsp3) is 0.588. The molecule has 0 radical (unpaired) electrons. The maximum Gasteiger partial charge on any atom is 0.126 e. The van der Waals surface area contributed by atoms with Gasteiger partial charge in [0.2, 0.25) is 0 Å². The lowest BCUT2D eigenvalue weighted by Gasteiger charge is -2.15. The van der Waals surface area contributed by atoms with E-state index in [0.29, 0.717) is 6.04 Å². The summed E-state index contributed by atoms with van der Waals surface area (Å²) >= 11 is 0. The Hall–Kier alpha value is -1.35. The molecule has 1 atom stereocenters. The number of nitrogens with zero attached hydrogens (tertiary/aromatic N) is 2. The molecule has 2 aromatic rings. The molecular weight excluding hydrogens is 246 g/mol. The maximum absolute atomic E-state index is 4.76. The topological polar surface area (TPSA) is 29.9 Å². The van der Waals surface area contributed by atoms with Crippen LogP contribution < -0.4 is 5.32 Å². The molecular formula is C17H25N3. The summed E-state index contributed by atoms with van der Waals surface area (Å²) in [5, 5.41) is 3.64. The number of nitrogens with one attached hydrogen (secondary N) is 1. The molecule has 1 heterocycles. The van der Waals surface area contributed by atoms with Gasteiger partial charge in [0.25, 0.3) is 0 Å². The van der Waals surface area contributed by atoms with Crippen molar-refractivity contribution in [1.29, 1.82) is 0 Å². The van der Waals surface area contributed by atoms with Crippen molar-refractivity contribution in [1.82, 2.24) is 14.9 Å². The summed E-state index contributed by atoms with van der Waals surface area (Å²) in [7, 11) is 2.11. The van der Waals surface area contributed by atoms with Gasteiger partial charge in [0.1, 0.15) is 5.82 Å². The molecule has 20 heavy (non-hydrogen) atoms. The molecule has 1 aromatic carbocycles. The van der Waals surface area contributed by atoms with Crippen molar-refractivity contribution in [3.05, 3.63) is 30.1 Å². The predicted octanol–water partition coefficient (Wildman–Crippen LogP) is 3.80. The van der Waals surface area contributed by atoms with E-state index < -0.39 is 0 Å². The van der Waals surface area contributed by atoms with E-state index in [4.69, 9.17) is 4.98 Å². The summed E-state index contributed by atoms with van der Waals surface area (Å²) < 4.78 is 2.21. The van der Waals surface area contributed by atoms with Gasteiger partial charge in [0, 0.05) is 7.05 Å². The van der Waals surface area contributed by atoms with Gasteiger partial charge in [0.05, 0.1) is 17.1 Å². The first kappa shape index (κ1) is 13.6. The summed E-state index contributed by atoms with van der Waals surface area (Å²) in [6, 6.07) is 8.67. The average Bonchev–Trinajstić information content (AvgIpc) is 3.08. The highest BCUT2D eigenvalue weighted by atomic mass is 15.1. The Morgan fingerprint density at radius 1 is 1.30 bits per heavy atom. The lowest BCUT2D eigenvalue weighted by Crippen LogP contribution is -2.23. The number of imidazole rings is 1. The second-order valence-electron chi connectivity index (χ2n) is 6.13. The van der Waals surface area contributed by atoms with E-state index >= 15 is 0 Å². The summed E-state index contributed by atoms with van der Waals surface area (Å²) in [5.41, 5.74) is 2.31. The van der Waals surface area contributed by atoms with Gasteiger partial charge < -0.3 is 9.88 Å². The van der Waals surface area contributed by atoms with Crippen molar-refractivity contribution in [2.24, 2.45) is 13.0 Å². The third-order valence-corrected chi connectivity index (χ3v) is 4.69. The number of aryl methyl sites for hydroxylation is 1. The Labute approximate surface area is 121 Å². The predicted molar refractivity (Wildman–Crippen MR) is 83.7 cm³/mol. The van der Waals surface area contributed by atoms with Crippen LogP contribution in [0.2, 0.25) is 0 Å². The van der Waals surface area contributed by atoms with Crippen molar-refractivity contribution < 1.29 is 0 Å². The standard InChI is InChI=1S/C17H25N3/c1-13(18-12-11-14-7-3-4-8-14)17-19-15-9-5-6-10-16(15)20(17)2/h5-6,9-10,13-14,18H,3-4,7-8,11-12H2,1-2H3. The Bertz CT molecular complexity index is 567. The number of para-hydroxylation sites is 2. The first-order valence-electron chi connectivity index (χ1n) is 7.90. The third kappa shape index (κ3) is 2.73. The van der Waals surface area contributed by atoms with Crippen LogP contribution in [-0.4, -0.2) is 16.1 Å². The molecule has 1 unspecified atom stereocenters. The van der Waals surface area contributed by atoms with E-state index in [1.165, 1.54) is 37.6 Å². The number of rotatable bonds is 5. The number of hydrogen-bond acceptors (Lipinski definition) is 2. The molecule has 1 aromatic heterocycles. The largest absolute Gasteiger partial charge is 0.330 e. The number of aromatic nitrogens is 2. The molecule has 0 spiro atoms. The molecule has 1 aliphatic carbocycles. The highest BCUT2D eigenvalue weighted by Gasteiger charge is 2.17. The summed E-state index contributed by atoms with van der Waals surface area (Å²) in [4.78, 5) is 4.76. The van der Waals surface area contributed by atoms with Crippen LogP contribution in [-0.2, 0) is 7.05 Å². The van der Waals surface area contributed by atoms with E-state index in [1.807, 2.05) is 0 Å². The van der Waals surface area contributed by atoms with Crippen molar-refractivity contribution >= 4 is 11.0 Å². The molecule has 0 aliphatic heterocycles. The number of hydrogen-bond donors (Lipinski definition) is 1. The van der Waals surface area contributed by atoms with E-state index in [2.05, 4.69) is 48.1 Å². The SMILES string of the molecule is CC(NCCC1CCCC1)c1nc2ccccc2n1C. The van der Waals surface area contributed by atoms with E-state index in [9.17, 15) is 0 Å². The molecule has 0 saturated heterocycles. The van der Waals surface area contributed by atoms with Crippen molar-refractivity contribution in [2.75, 3.05) is 6.54 Å². The van der Waals surface area contributed by atoms with Crippen LogP contribution in [0.4, 0.5) is 0 Å². The first-order chi connectivity index (χ1) is 9.75. The van der Waals surface area contributed by atoms with E-state index in [0.717, 1.165) is 23.8 Å². The second kappa shape index (κ2) is 5.96. The quantitative estimate of drug-likeness (QED) is 0.896. The Kier molecular flexibility index (Phi) is 4.06. The molecule has 3 nitrogen and oxygen atoms in total. The second-order valence-corrected chi connectivity index (χ2v) is 6.13. The van der Waals surface area contributed by atoms with Gasteiger partial charge in [-0.3, -0.25) is 0 Å². The highest BCUT2D eigenvalue weighted by molar-refractivity contribution is 5.75. The zero-order chi connectivity index (χ0) is 13.9. The summed E-state index contributed by atoms with van der Waals surface area (Å²) in [6.45, 7) is 3.32. The molecule has 1 fully saturated rings. The van der Waals surface area contributed by atoms with Crippen LogP contribution in [0.1, 0.15) is 50.9 Å². The Morgan fingerprint density at radius 2 is 2.05 bits per heavy atom. The lowest BCUT2D eigenvalue weighted by atomic mass is 10.0. The van der Waals surface area contributed by atoms with Crippen molar-refractivity contribution in [3.8, 4) is 0 Å². The highest BCUT2D eigenvalue weighted by Crippen LogP contribution is 2.27. The van der Waals surface area contributed by atoms with Crippen LogP contribution in [0.3, 0.4) is 0 Å². The van der Waals surface area contributed by atoms with Crippen LogP contribution in [0.25, 0.3) is 11.0 Å². The van der Waals surface area contributed by atoms with Gasteiger partial charge >= 0.3 is 0 Å². The van der Waals surface area contributed by atoms with E-state index in [1.54, 1.807) is 0 Å². The van der Waals surface area contributed by atoms with Crippen molar-refractivity contribution in [3.63, 3.8) is 0 Å². The monoisotopic (exact) mass is 271 g/mol. The molecule has 3 heteroatoms. The minimum atomic E-state index is 0.314. The zero-order valence-corrected chi connectivity index (χ0v) is 12.6. The fourth-order valence-corrected chi connectivity index (χ4v) is 3.45. The molecule has 0 amide bonds. The molecule has 108 valence electrons. The molecule has 0 bridgehead atoms. The fourth-order valence-electron chi connectivity index (χ4n) is 3.45. The molecule has 3 rings (SSSR count). The first-order valence-corrected chi connectivity index (χ1v) is 7.90. The minimum Gasteiger partial charge on any atom is -0.330 e. The number of benzene rings is 1. The average molecular weight is 271 g/mol. The maximum atomic E-state index is 4.76. The normalized spacial score (nSPS) is 17.9. The van der Waals surface area contributed by atoms with Crippen LogP contribution in [0.5, 0.6) is 0 Å². The Morgan fingerprint density at radius 3 is 2.80 bits per heavy atom. The third-order valence-electron chi connectivity index (χ3n) is 4.69. The van der Waals surface area contributed by atoms with E-state index in [-0.39, 0.29) is 0 Å². The molecule has 1 N–H and O–H groups in total. The zero-order valence-electron chi connectivity index (χ0n) is 12.6. The lowest BCUT2D eigenvalue weighted by molar-refractivity contribution is 0.445. The van der Waals surface area contributed by atoms with Crippen LogP contribution >= 0.6 is 0 Å². The minimum absolute atomic E-state index is 0.314. The Balaban J connectivity index is 1.62. The van der Waals surface area contributed by atoms with Gasteiger partial charge in [-0.1, -0.05) is 37.8 Å². The van der Waals surface area contributed by atoms with Gasteiger partial charge in [-0.05, 0) is 37.9 Å². The van der Waals surface area contributed by atoms with Gasteiger partial charge in [-0.2, -0.15) is 0 Å². The van der Waals surface area contributed by atoms with Gasteiger partial charge in [-0.25, -0.2) is 4.98 Å².